The zero-order valence-electron chi connectivity index (χ0n) is 20.2. The van der Waals surface area contributed by atoms with E-state index in [1.165, 1.54) is 38.1 Å². The van der Waals surface area contributed by atoms with Crippen molar-refractivity contribution in [2.45, 2.75) is 43.9 Å². The molecule has 2 saturated carbocycles. The minimum absolute atomic E-state index is 0.0629. The third-order valence-corrected chi connectivity index (χ3v) is 8.00. The first-order valence-corrected chi connectivity index (χ1v) is 11.5. The number of nitrogens with zero attached hydrogens (tertiary/aromatic N) is 1. The minimum atomic E-state index is -3.04. The summed E-state index contributed by atoms with van der Waals surface area (Å²) in [6.45, 7) is 2.96. The van der Waals surface area contributed by atoms with Gasteiger partial charge in [-0.1, -0.05) is 13.0 Å². The molecule has 36 heavy (non-hydrogen) atoms. The highest BCUT2D eigenvalue weighted by atomic mass is 16.3. The van der Waals surface area contributed by atoms with Crippen molar-refractivity contribution in [2.75, 3.05) is 14.1 Å². The number of Topliss-reactive ketones (excluding diaryl/α,β-unsaturated/α-hetero) is 5. The molecule has 0 aromatic heterocycles. The van der Waals surface area contributed by atoms with Crippen molar-refractivity contribution < 1.29 is 44.1 Å². The second-order valence-corrected chi connectivity index (χ2v) is 10.3. The number of phenols is 1. The molecule has 0 saturated heterocycles. The van der Waals surface area contributed by atoms with E-state index in [1.807, 2.05) is 0 Å². The third kappa shape index (κ3) is 3.23. The zero-order valence-corrected chi connectivity index (χ0v) is 20.2. The van der Waals surface area contributed by atoms with E-state index in [9.17, 15) is 44.1 Å². The van der Waals surface area contributed by atoms with Crippen LogP contribution in [0.1, 0.15) is 41.3 Å². The molecule has 11 heteroatoms. The Morgan fingerprint density at radius 3 is 2.25 bits per heavy atom. The summed E-state index contributed by atoms with van der Waals surface area (Å²) in [4.78, 5) is 79.1. The van der Waals surface area contributed by atoms with Crippen LogP contribution in [-0.4, -0.2) is 86.9 Å². The van der Waals surface area contributed by atoms with Gasteiger partial charge in [0.05, 0.1) is 29.5 Å². The SMILES string of the molecule is CC(=O)Cc1ccc(O)c2c1[C@@H](C)[C@H]1C(C2=O)C(=O)[C@@]2(O)C(=O)C(C(N)=O)C(=O)[C@H](N(C)C)[C@H]2[C@@H]1O. The molecule has 1 amide bonds. The molecular formula is C25H28N2O9. The number of rotatable bonds is 4. The smallest absolute Gasteiger partial charge is 0.235 e. The van der Waals surface area contributed by atoms with E-state index in [-0.39, 0.29) is 17.8 Å². The van der Waals surface area contributed by atoms with Crippen LogP contribution >= 0.6 is 0 Å². The van der Waals surface area contributed by atoms with Crippen LogP contribution in [0.2, 0.25) is 0 Å². The molecular weight excluding hydrogens is 472 g/mol. The van der Waals surface area contributed by atoms with Crippen molar-refractivity contribution in [3.05, 3.63) is 28.8 Å². The minimum Gasteiger partial charge on any atom is -0.507 e. The van der Waals surface area contributed by atoms with Crippen molar-refractivity contribution in [3.8, 4) is 5.75 Å². The molecule has 5 N–H and O–H groups in total. The standard InChI is InChI=1S/C25H28N2O9/c1-8(28)7-10-5-6-11(29)14-12(10)9(2)13-15(19(14)30)22(33)25(36)17(20(13)31)18(27(3)4)21(32)16(23(25)34)24(26)35/h5-6,9,13,15-18,20,29,31,36H,7H2,1-4H3,(H2,26,35)/t9-,13+,15?,16?,17+,18-,20-,25-/m1/s1. The molecule has 0 radical (unpaired) electrons. The van der Waals surface area contributed by atoms with E-state index >= 15 is 0 Å². The number of primary amides is 1. The van der Waals surface area contributed by atoms with Crippen LogP contribution in [0.4, 0.5) is 0 Å². The number of hydrogen-bond acceptors (Lipinski definition) is 10. The molecule has 0 bridgehead atoms. The number of amides is 1. The Hall–Kier alpha value is -3.28. The lowest BCUT2D eigenvalue weighted by Gasteiger charge is -2.56. The van der Waals surface area contributed by atoms with Gasteiger partial charge in [0.15, 0.2) is 34.7 Å². The summed E-state index contributed by atoms with van der Waals surface area (Å²) >= 11 is 0. The molecule has 11 nitrogen and oxygen atoms in total. The number of hydrogen-bond donors (Lipinski definition) is 4. The maximum absolute atomic E-state index is 13.8. The predicted molar refractivity (Wildman–Crippen MR) is 122 cm³/mol. The lowest BCUT2D eigenvalue weighted by molar-refractivity contribution is -0.196. The molecule has 1 aromatic carbocycles. The summed E-state index contributed by atoms with van der Waals surface area (Å²) in [5.74, 6) is -14.1. The predicted octanol–water partition coefficient (Wildman–Crippen LogP) is -1.47. The Labute approximate surface area is 206 Å². The van der Waals surface area contributed by atoms with E-state index in [0.717, 1.165) is 0 Å². The number of ketones is 5. The van der Waals surface area contributed by atoms with Gasteiger partial charge in [-0.2, -0.15) is 0 Å². The fourth-order valence-corrected chi connectivity index (χ4v) is 6.58. The summed E-state index contributed by atoms with van der Waals surface area (Å²) in [5.41, 5.74) is 2.74. The van der Waals surface area contributed by atoms with Gasteiger partial charge in [0.25, 0.3) is 0 Å². The molecule has 3 aliphatic rings. The summed E-state index contributed by atoms with van der Waals surface area (Å²) in [7, 11) is 2.85. The molecule has 2 unspecified atom stereocenters. The van der Waals surface area contributed by atoms with Gasteiger partial charge in [-0.05, 0) is 44.1 Å². The molecule has 8 atom stereocenters. The van der Waals surface area contributed by atoms with E-state index in [2.05, 4.69) is 0 Å². The number of carbonyl (C=O) groups excluding carboxylic acids is 6. The second-order valence-electron chi connectivity index (χ2n) is 10.3. The topological polar surface area (TPSA) is 192 Å². The molecule has 0 aliphatic heterocycles. The summed E-state index contributed by atoms with van der Waals surface area (Å²) < 4.78 is 0. The number of carbonyl (C=O) groups is 6. The number of aliphatic hydroxyl groups excluding tert-OH is 1. The lowest BCUT2D eigenvalue weighted by Crippen LogP contribution is -2.77. The van der Waals surface area contributed by atoms with Crippen molar-refractivity contribution in [1.82, 2.24) is 4.90 Å². The number of likely N-dealkylation sites (N-methyl/N-ethyl adjacent to an activating group) is 1. The Morgan fingerprint density at radius 1 is 1.11 bits per heavy atom. The van der Waals surface area contributed by atoms with Gasteiger partial charge in [-0.15, -0.1) is 0 Å². The van der Waals surface area contributed by atoms with Gasteiger partial charge < -0.3 is 21.1 Å². The zero-order chi connectivity index (χ0) is 27.0. The molecule has 0 heterocycles. The van der Waals surface area contributed by atoms with Crippen LogP contribution in [0, 0.1) is 23.7 Å². The fraction of sp³-hybridized carbons (Fsp3) is 0.520. The van der Waals surface area contributed by atoms with Crippen LogP contribution in [0.5, 0.6) is 5.75 Å². The third-order valence-electron chi connectivity index (χ3n) is 8.00. The maximum Gasteiger partial charge on any atom is 0.235 e. The van der Waals surface area contributed by atoms with Crippen LogP contribution in [0.25, 0.3) is 0 Å². The Kier molecular flexibility index (Phi) is 6.02. The second kappa shape index (κ2) is 8.39. The van der Waals surface area contributed by atoms with Gasteiger partial charge in [-0.25, -0.2) is 0 Å². The molecule has 4 rings (SSSR count). The average molecular weight is 501 g/mol. The number of phenolic OH excluding ortho intramolecular Hbond substituents is 1. The average Bonchev–Trinajstić information content (AvgIpc) is 2.76. The first-order chi connectivity index (χ1) is 16.7. The molecule has 1 aromatic rings. The number of aliphatic hydroxyl groups is 2. The summed E-state index contributed by atoms with van der Waals surface area (Å²) in [6.07, 6.45) is -1.78. The monoisotopic (exact) mass is 500 g/mol. The summed E-state index contributed by atoms with van der Waals surface area (Å²) in [6, 6.07) is 1.27. The Balaban J connectivity index is 1.97. The fourth-order valence-electron chi connectivity index (χ4n) is 6.58. The van der Waals surface area contributed by atoms with Crippen LogP contribution < -0.4 is 5.73 Å². The van der Waals surface area contributed by atoms with Crippen molar-refractivity contribution in [1.29, 1.82) is 0 Å². The van der Waals surface area contributed by atoms with Crippen molar-refractivity contribution in [3.63, 3.8) is 0 Å². The molecule has 192 valence electrons. The number of benzene rings is 1. The number of nitrogens with two attached hydrogens (primary N) is 1. The van der Waals surface area contributed by atoms with Crippen LogP contribution in [0.15, 0.2) is 12.1 Å². The molecule has 2 fully saturated rings. The number of fused-ring (bicyclic) bond motifs is 3. The van der Waals surface area contributed by atoms with Crippen molar-refractivity contribution >= 4 is 34.8 Å². The van der Waals surface area contributed by atoms with Gasteiger partial charge in [0.1, 0.15) is 11.5 Å². The highest BCUT2D eigenvalue weighted by Crippen LogP contribution is 2.54. The van der Waals surface area contributed by atoms with Gasteiger partial charge in [0, 0.05) is 12.3 Å². The van der Waals surface area contributed by atoms with E-state index in [1.54, 1.807) is 6.92 Å². The normalized spacial score (nSPS) is 35.8. The van der Waals surface area contributed by atoms with Gasteiger partial charge >= 0.3 is 0 Å². The summed E-state index contributed by atoms with van der Waals surface area (Å²) in [5, 5.41) is 33.7. The number of aromatic hydroxyl groups is 1. The van der Waals surface area contributed by atoms with Gasteiger partial charge in [-0.3, -0.25) is 33.7 Å². The van der Waals surface area contributed by atoms with E-state index < -0.39 is 82.1 Å². The van der Waals surface area contributed by atoms with E-state index in [0.29, 0.717) is 11.1 Å². The maximum atomic E-state index is 13.8. The molecule has 0 spiro atoms. The van der Waals surface area contributed by atoms with Gasteiger partial charge in [0.2, 0.25) is 5.91 Å². The largest absolute Gasteiger partial charge is 0.507 e. The molecule has 3 aliphatic carbocycles. The van der Waals surface area contributed by atoms with Crippen LogP contribution in [0.3, 0.4) is 0 Å². The Morgan fingerprint density at radius 2 is 1.72 bits per heavy atom. The first kappa shape index (κ1) is 25.8. The first-order valence-electron chi connectivity index (χ1n) is 11.5. The van der Waals surface area contributed by atoms with Crippen molar-refractivity contribution in [2.24, 2.45) is 29.4 Å². The lowest BCUT2D eigenvalue weighted by atomic mass is 9.49. The van der Waals surface area contributed by atoms with E-state index in [4.69, 9.17) is 5.73 Å². The highest BCUT2D eigenvalue weighted by molar-refractivity contribution is 6.32. The Bertz CT molecular complexity index is 1240. The quantitative estimate of drug-likeness (QED) is 0.355. The van der Waals surface area contributed by atoms with Crippen LogP contribution in [-0.2, 0) is 30.4 Å². The highest BCUT2D eigenvalue weighted by Gasteiger charge is 2.73.